The van der Waals surface area contributed by atoms with E-state index < -0.39 is 0 Å². The molecular formula is C14H20N4. The maximum absolute atomic E-state index is 4.34. The van der Waals surface area contributed by atoms with Crippen molar-refractivity contribution in [1.82, 2.24) is 19.4 Å². The number of imidazole rings is 1. The monoisotopic (exact) mass is 244 g/mol. The predicted molar refractivity (Wildman–Crippen MR) is 72.2 cm³/mol. The van der Waals surface area contributed by atoms with E-state index in [2.05, 4.69) is 38.6 Å². The molecule has 0 saturated heterocycles. The second kappa shape index (κ2) is 5.78. The highest BCUT2D eigenvalue weighted by Gasteiger charge is 2.04. The Kier molecular flexibility index (Phi) is 4.10. The quantitative estimate of drug-likeness (QED) is 0.804. The molecule has 0 bridgehead atoms. The van der Waals surface area contributed by atoms with Crippen LogP contribution in [0.2, 0.25) is 0 Å². The topological polar surface area (TPSA) is 34.0 Å². The van der Waals surface area contributed by atoms with Crippen molar-refractivity contribution >= 4 is 0 Å². The number of aryl methyl sites for hydroxylation is 2. The van der Waals surface area contributed by atoms with Gasteiger partial charge in [0.25, 0.3) is 0 Å². The molecule has 2 heterocycles. The number of rotatable bonds is 5. The fourth-order valence-corrected chi connectivity index (χ4v) is 2.02. The summed E-state index contributed by atoms with van der Waals surface area (Å²) in [6.45, 7) is 3.98. The van der Waals surface area contributed by atoms with E-state index in [0.29, 0.717) is 0 Å². The standard InChI is InChI=1S/C14H20N4/c1-12-10-13(4-6-15-12)11-17(2)8-5-14-16-7-9-18(14)3/h4,6-7,9-10H,5,8,11H2,1-3H3. The fourth-order valence-electron chi connectivity index (χ4n) is 2.02. The molecule has 0 atom stereocenters. The van der Waals surface area contributed by atoms with Gasteiger partial charge in [0, 0.05) is 50.8 Å². The van der Waals surface area contributed by atoms with Gasteiger partial charge in [-0.05, 0) is 31.7 Å². The van der Waals surface area contributed by atoms with Crippen molar-refractivity contribution in [1.29, 1.82) is 0 Å². The Bertz CT molecular complexity index is 504. The summed E-state index contributed by atoms with van der Waals surface area (Å²) in [5, 5.41) is 0. The van der Waals surface area contributed by atoms with Gasteiger partial charge in [0.2, 0.25) is 0 Å². The number of hydrogen-bond donors (Lipinski definition) is 0. The number of likely N-dealkylation sites (N-methyl/N-ethyl adjacent to an activating group) is 1. The van der Waals surface area contributed by atoms with Crippen LogP contribution >= 0.6 is 0 Å². The zero-order valence-corrected chi connectivity index (χ0v) is 11.3. The predicted octanol–water partition coefficient (Wildman–Crippen LogP) is 1.80. The van der Waals surface area contributed by atoms with Crippen molar-refractivity contribution in [2.75, 3.05) is 13.6 Å². The van der Waals surface area contributed by atoms with Crippen LogP contribution in [0.5, 0.6) is 0 Å². The number of hydrogen-bond acceptors (Lipinski definition) is 3. The van der Waals surface area contributed by atoms with Gasteiger partial charge in [-0.2, -0.15) is 0 Å². The van der Waals surface area contributed by atoms with E-state index in [4.69, 9.17) is 0 Å². The van der Waals surface area contributed by atoms with Gasteiger partial charge < -0.3 is 9.47 Å². The minimum absolute atomic E-state index is 0.952. The van der Waals surface area contributed by atoms with Crippen LogP contribution in [0.4, 0.5) is 0 Å². The van der Waals surface area contributed by atoms with Gasteiger partial charge in [-0.3, -0.25) is 4.98 Å². The highest BCUT2D eigenvalue weighted by atomic mass is 15.1. The smallest absolute Gasteiger partial charge is 0.109 e. The van der Waals surface area contributed by atoms with E-state index in [-0.39, 0.29) is 0 Å². The molecule has 4 nitrogen and oxygen atoms in total. The average molecular weight is 244 g/mol. The van der Waals surface area contributed by atoms with E-state index in [9.17, 15) is 0 Å². The molecule has 0 aliphatic heterocycles. The lowest BCUT2D eigenvalue weighted by molar-refractivity contribution is 0.327. The third-order valence-electron chi connectivity index (χ3n) is 3.05. The molecule has 0 aliphatic carbocycles. The summed E-state index contributed by atoms with van der Waals surface area (Å²) in [7, 11) is 4.17. The van der Waals surface area contributed by atoms with Gasteiger partial charge >= 0.3 is 0 Å². The summed E-state index contributed by atoms with van der Waals surface area (Å²) in [6, 6.07) is 4.21. The normalized spacial score (nSPS) is 11.1. The van der Waals surface area contributed by atoms with Crippen LogP contribution in [-0.2, 0) is 20.0 Å². The molecule has 0 saturated carbocycles. The van der Waals surface area contributed by atoms with Crippen LogP contribution in [-0.4, -0.2) is 33.0 Å². The Balaban J connectivity index is 1.86. The molecule has 0 aliphatic rings. The van der Waals surface area contributed by atoms with E-state index in [0.717, 1.165) is 31.0 Å². The summed E-state index contributed by atoms with van der Waals surface area (Å²) in [5.41, 5.74) is 2.38. The molecule has 2 aromatic heterocycles. The van der Waals surface area contributed by atoms with Gasteiger partial charge in [0.1, 0.15) is 5.82 Å². The highest BCUT2D eigenvalue weighted by Crippen LogP contribution is 2.05. The van der Waals surface area contributed by atoms with Crippen LogP contribution in [0, 0.1) is 6.92 Å². The minimum Gasteiger partial charge on any atom is -0.338 e. The molecule has 0 unspecified atom stereocenters. The minimum atomic E-state index is 0.952. The van der Waals surface area contributed by atoms with Crippen LogP contribution in [0.1, 0.15) is 17.1 Å². The summed E-state index contributed by atoms with van der Waals surface area (Å²) >= 11 is 0. The Labute approximate surface area is 108 Å². The highest BCUT2D eigenvalue weighted by molar-refractivity contribution is 5.15. The molecule has 2 aromatic rings. The summed E-state index contributed by atoms with van der Waals surface area (Å²) in [5.74, 6) is 1.13. The van der Waals surface area contributed by atoms with Crippen LogP contribution in [0.25, 0.3) is 0 Å². The second-order valence-electron chi connectivity index (χ2n) is 4.75. The average Bonchev–Trinajstić information content (AvgIpc) is 2.72. The third-order valence-corrected chi connectivity index (χ3v) is 3.05. The molecule has 96 valence electrons. The number of pyridine rings is 1. The Morgan fingerprint density at radius 3 is 2.78 bits per heavy atom. The van der Waals surface area contributed by atoms with E-state index in [1.807, 2.05) is 32.6 Å². The summed E-state index contributed by atoms with van der Waals surface area (Å²) in [4.78, 5) is 10.9. The van der Waals surface area contributed by atoms with Gasteiger partial charge in [-0.25, -0.2) is 4.98 Å². The molecule has 0 radical (unpaired) electrons. The van der Waals surface area contributed by atoms with Crippen molar-refractivity contribution in [3.05, 3.63) is 47.8 Å². The van der Waals surface area contributed by atoms with Crippen molar-refractivity contribution in [2.45, 2.75) is 19.9 Å². The van der Waals surface area contributed by atoms with Gasteiger partial charge in [0.05, 0.1) is 0 Å². The number of nitrogens with zero attached hydrogens (tertiary/aromatic N) is 4. The lowest BCUT2D eigenvalue weighted by Gasteiger charge is -2.16. The molecule has 0 aromatic carbocycles. The molecule has 18 heavy (non-hydrogen) atoms. The van der Waals surface area contributed by atoms with Gasteiger partial charge in [0.15, 0.2) is 0 Å². The van der Waals surface area contributed by atoms with Gasteiger partial charge in [-0.15, -0.1) is 0 Å². The van der Waals surface area contributed by atoms with Gasteiger partial charge in [-0.1, -0.05) is 0 Å². The molecular weight excluding hydrogens is 224 g/mol. The Morgan fingerprint density at radius 1 is 1.28 bits per heavy atom. The van der Waals surface area contributed by atoms with E-state index >= 15 is 0 Å². The van der Waals surface area contributed by atoms with E-state index in [1.165, 1.54) is 5.56 Å². The number of aromatic nitrogens is 3. The third kappa shape index (κ3) is 3.40. The zero-order chi connectivity index (χ0) is 13.0. The maximum atomic E-state index is 4.34. The maximum Gasteiger partial charge on any atom is 0.109 e. The second-order valence-corrected chi connectivity index (χ2v) is 4.75. The van der Waals surface area contributed by atoms with E-state index in [1.54, 1.807) is 0 Å². The largest absolute Gasteiger partial charge is 0.338 e. The summed E-state index contributed by atoms with van der Waals surface area (Å²) in [6.07, 6.45) is 6.68. The Hall–Kier alpha value is -1.68. The van der Waals surface area contributed by atoms with Crippen molar-refractivity contribution in [3.8, 4) is 0 Å². The SMILES string of the molecule is Cc1cc(CN(C)CCc2nccn2C)ccn1. The van der Waals surface area contributed by atoms with Crippen LogP contribution in [0.3, 0.4) is 0 Å². The van der Waals surface area contributed by atoms with Crippen LogP contribution in [0.15, 0.2) is 30.7 Å². The van der Waals surface area contributed by atoms with Crippen molar-refractivity contribution in [3.63, 3.8) is 0 Å². The van der Waals surface area contributed by atoms with Crippen LogP contribution < -0.4 is 0 Å². The van der Waals surface area contributed by atoms with Crippen molar-refractivity contribution < 1.29 is 0 Å². The molecule has 0 spiro atoms. The Morgan fingerprint density at radius 2 is 2.11 bits per heavy atom. The van der Waals surface area contributed by atoms with Crippen molar-refractivity contribution in [2.24, 2.45) is 7.05 Å². The summed E-state index contributed by atoms with van der Waals surface area (Å²) < 4.78 is 2.07. The molecule has 4 heteroatoms. The first-order valence-corrected chi connectivity index (χ1v) is 6.21. The first kappa shape index (κ1) is 12.8. The molecule has 0 amide bonds. The fraction of sp³-hybridized carbons (Fsp3) is 0.429. The zero-order valence-electron chi connectivity index (χ0n) is 11.3. The lowest BCUT2D eigenvalue weighted by atomic mass is 10.2. The molecule has 0 N–H and O–H groups in total. The first-order valence-electron chi connectivity index (χ1n) is 6.21. The lowest BCUT2D eigenvalue weighted by Crippen LogP contribution is -2.21. The molecule has 2 rings (SSSR count). The molecule has 0 fully saturated rings. The first-order chi connectivity index (χ1) is 8.65.